The van der Waals surface area contributed by atoms with E-state index in [1.54, 1.807) is 0 Å². The van der Waals surface area contributed by atoms with E-state index in [1.165, 1.54) is 12.1 Å². The molecule has 1 amide bonds. The highest BCUT2D eigenvalue weighted by Crippen LogP contribution is 2.47. The first-order chi connectivity index (χ1) is 10.6. The molecule has 0 atom stereocenters. The Morgan fingerprint density at radius 2 is 1.82 bits per heavy atom. The van der Waals surface area contributed by atoms with Gasteiger partial charge in [0.2, 0.25) is 5.91 Å². The normalized spacial score (nSPS) is 15.4. The fraction of sp³-hybridized carbons (Fsp3) is 0.316. The van der Waals surface area contributed by atoms with E-state index in [1.807, 2.05) is 43.3 Å². The van der Waals surface area contributed by atoms with Crippen molar-refractivity contribution in [3.63, 3.8) is 0 Å². The van der Waals surface area contributed by atoms with Crippen LogP contribution in [-0.2, 0) is 16.6 Å². The topological polar surface area (TPSA) is 29.1 Å². The molecule has 0 aliphatic heterocycles. The third-order valence-corrected chi connectivity index (χ3v) is 4.55. The van der Waals surface area contributed by atoms with Crippen LogP contribution in [-0.4, -0.2) is 12.5 Å². The Morgan fingerprint density at radius 1 is 1.14 bits per heavy atom. The van der Waals surface area contributed by atoms with E-state index in [4.69, 9.17) is 0 Å². The lowest BCUT2D eigenvalue weighted by molar-refractivity contribution is -0.120. The summed E-state index contributed by atoms with van der Waals surface area (Å²) < 4.78 is 13.0. The van der Waals surface area contributed by atoms with Gasteiger partial charge in [-0.25, -0.2) is 4.39 Å². The summed E-state index contributed by atoms with van der Waals surface area (Å²) in [7, 11) is 0. The molecule has 2 aromatic rings. The van der Waals surface area contributed by atoms with Crippen molar-refractivity contribution in [1.82, 2.24) is 5.32 Å². The molecule has 1 saturated carbocycles. The first kappa shape index (κ1) is 14.8. The molecule has 2 nitrogen and oxygen atoms in total. The van der Waals surface area contributed by atoms with Crippen LogP contribution >= 0.6 is 0 Å². The number of hydrogen-bond donors (Lipinski definition) is 1. The second-order valence-electron chi connectivity index (χ2n) is 6.17. The number of carbonyl (C=O) groups is 1. The summed E-state index contributed by atoms with van der Waals surface area (Å²) >= 11 is 0. The molecule has 1 N–H and O–H groups in total. The molecular formula is C19H20FNO. The number of halogens is 1. The smallest absolute Gasteiger partial charge is 0.224 e. The molecule has 0 heterocycles. The van der Waals surface area contributed by atoms with Gasteiger partial charge in [-0.15, -0.1) is 0 Å². The molecule has 1 aliphatic carbocycles. The van der Waals surface area contributed by atoms with Gasteiger partial charge in [0.1, 0.15) is 5.82 Å². The van der Waals surface area contributed by atoms with Crippen molar-refractivity contribution in [1.29, 1.82) is 0 Å². The van der Waals surface area contributed by atoms with Crippen molar-refractivity contribution in [2.45, 2.75) is 31.6 Å². The van der Waals surface area contributed by atoms with Gasteiger partial charge in [0.25, 0.3) is 0 Å². The Labute approximate surface area is 130 Å². The van der Waals surface area contributed by atoms with E-state index >= 15 is 0 Å². The lowest BCUT2D eigenvalue weighted by Gasteiger charge is -2.17. The minimum atomic E-state index is -0.219. The fourth-order valence-corrected chi connectivity index (χ4v) is 2.83. The second kappa shape index (κ2) is 5.91. The summed E-state index contributed by atoms with van der Waals surface area (Å²) in [6.07, 6.45) is 2.50. The van der Waals surface area contributed by atoms with Gasteiger partial charge in [-0.05, 0) is 48.6 Å². The van der Waals surface area contributed by atoms with Gasteiger partial charge >= 0.3 is 0 Å². The second-order valence-corrected chi connectivity index (χ2v) is 6.17. The SMILES string of the molecule is Cc1ccccc1CC(=O)NCC1(c2ccc(F)cc2)CC1. The zero-order chi connectivity index (χ0) is 15.6. The molecular weight excluding hydrogens is 277 g/mol. The summed E-state index contributed by atoms with van der Waals surface area (Å²) in [6, 6.07) is 14.6. The van der Waals surface area contributed by atoms with E-state index in [-0.39, 0.29) is 17.1 Å². The Hall–Kier alpha value is -2.16. The van der Waals surface area contributed by atoms with Crippen LogP contribution in [0.1, 0.15) is 29.5 Å². The van der Waals surface area contributed by atoms with Crippen LogP contribution in [0.25, 0.3) is 0 Å². The van der Waals surface area contributed by atoms with Gasteiger partial charge in [0.15, 0.2) is 0 Å². The van der Waals surface area contributed by atoms with Gasteiger partial charge in [0.05, 0.1) is 6.42 Å². The van der Waals surface area contributed by atoms with Crippen LogP contribution in [0.2, 0.25) is 0 Å². The summed E-state index contributed by atoms with van der Waals surface area (Å²) in [5.41, 5.74) is 3.32. The van der Waals surface area contributed by atoms with Gasteiger partial charge in [-0.3, -0.25) is 4.79 Å². The van der Waals surface area contributed by atoms with Crippen LogP contribution in [0.15, 0.2) is 48.5 Å². The van der Waals surface area contributed by atoms with E-state index in [9.17, 15) is 9.18 Å². The fourth-order valence-electron chi connectivity index (χ4n) is 2.83. The van der Waals surface area contributed by atoms with E-state index in [2.05, 4.69) is 5.32 Å². The summed E-state index contributed by atoms with van der Waals surface area (Å²) in [5.74, 6) is -0.175. The predicted octanol–water partition coefficient (Wildman–Crippen LogP) is 3.52. The van der Waals surface area contributed by atoms with Crippen molar-refractivity contribution in [2.24, 2.45) is 0 Å². The molecule has 0 saturated heterocycles. The minimum absolute atomic E-state index is 0.00902. The highest BCUT2D eigenvalue weighted by atomic mass is 19.1. The van der Waals surface area contributed by atoms with Gasteiger partial charge in [-0.2, -0.15) is 0 Å². The maximum absolute atomic E-state index is 13.0. The third-order valence-electron chi connectivity index (χ3n) is 4.55. The lowest BCUT2D eigenvalue weighted by Crippen LogP contribution is -2.33. The Balaban J connectivity index is 1.59. The molecule has 0 spiro atoms. The number of nitrogens with one attached hydrogen (secondary N) is 1. The van der Waals surface area contributed by atoms with Crippen molar-refractivity contribution >= 4 is 5.91 Å². The molecule has 2 aromatic carbocycles. The zero-order valence-corrected chi connectivity index (χ0v) is 12.7. The zero-order valence-electron chi connectivity index (χ0n) is 12.7. The van der Waals surface area contributed by atoms with E-state index < -0.39 is 0 Å². The van der Waals surface area contributed by atoms with Crippen molar-refractivity contribution < 1.29 is 9.18 Å². The summed E-state index contributed by atoms with van der Waals surface area (Å²) in [6.45, 7) is 2.65. The van der Waals surface area contributed by atoms with Crippen LogP contribution in [0, 0.1) is 12.7 Å². The average Bonchev–Trinajstić information content (AvgIpc) is 3.29. The first-order valence-electron chi connectivity index (χ1n) is 7.66. The van der Waals surface area contributed by atoms with E-state index in [0.717, 1.165) is 29.5 Å². The number of amides is 1. The average molecular weight is 297 g/mol. The number of carbonyl (C=O) groups excluding carboxylic acids is 1. The number of rotatable bonds is 5. The molecule has 1 aliphatic rings. The molecule has 0 aromatic heterocycles. The standard InChI is InChI=1S/C19H20FNO/c1-14-4-2-3-5-15(14)12-18(22)21-13-19(10-11-19)16-6-8-17(20)9-7-16/h2-9H,10-13H2,1H3,(H,21,22). The van der Waals surface area contributed by atoms with Crippen LogP contribution in [0.4, 0.5) is 4.39 Å². The first-order valence-corrected chi connectivity index (χ1v) is 7.66. The third kappa shape index (κ3) is 3.19. The molecule has 1 fully saturated rings. The van der Waals surface area contributed by atoms with Crippen molar-refractivity contribution in [3.8, 4) is 0 Å². The Bertz CT molecular complexity index is 674. The molecule has 3 heteroatoms. The quantitative estimate of drug-likeness (QED) is 0.899. The summed E-state index contributed by atoms with van der Waals surface area (Å²) in [5, 5.41) is 3.04. The predicted molar refractivity (Wildman–Crippen MR) is 85.2 cm³/mol. The lowest BCUT2D eigenvalue weighted by atomic mass is 9.95. The van der Waals surface area contributed by atoms with Crippen LogP contribution in [0.3, 0.4) is 0 Å². The minimum Gasteiger partial charge on any atom is -0.355 e. The van der Waals surface area contributed by atoms with Crippen molar-refractivity contribution in [3.05, 3.63) is 71.0 Å². The summed E-state index contributed by atoms with van der Waals surface area (Å²) in [4.78, 5) is 12.2. The number of hydrogen-bond acceptors (Lipinski definition) is 1. The Kier molecular flexibility index (Phi) is 3.97. The molecule has 114 valence electrons. The molecule has 0 radical (unpaired) electrons. The van der Waals surface area contributed by atoms with Crippen LogP contribution < -0.4 is 5.32 Å². The van der Waals surface area contributed by atoms with Gasteiger partial charge in [-0.1, -0.05) is 36.4 Å². The molecule has 22 heavy (non-hydrogen) atoms. The van der Waals surface area contributed by atoms with Crippen molar-refractivity contribution in [2.75, 3.05) is 6.54 Å². The van der Waals surface area contributed by atoms with Gasteiger partial charge in [0, 0.05) is 12.0 Å². The maximum Gasteiger partial charge on any atom is 0.224 e. The number of aryl methyl sites for hydroxylation is 1. The molecule has 3 rings (SSSR count). The maximum atomic E-state index is 13.0. The molecule has 0 unspecified atom stereocenters. The monoisotopic (exact) mass is 297 g/mol. The largest absolute Gasteiger partial charge is 0.355 e. The number of benzene rings is 2. The Morgan fingerprint density at radius 3 is 2.45 bits per heavy atom. The highest BCUT2D eigenvalue weighted by molar-refractivity contribution is 5.79. The van der Waals surface area contributed by atoms with Gasteiger partial charge < -0.3 is 5.32 Å². The van der Waals surface area contributed by atoms with Crippen LogP contribution in [0.5, 0.6) is 0 Å². The van der Waals surface area contributed by atoms with E-state index in [0.29, 0.717) is 13.0 Å². The highest BCUT2D eigenvalue weighted by Gasteiger charge is 2.44. The molecule has 0 bridgehead atoms.